The fraction of sp³-hybridized carbons (Fsp3) is 0.474. The zero-order valence-corrected chi connectivity index (χ0v) is 15.4. The molecule has 2 N–H and O–H groups in total. The van der Waals surface area contributed by atoms with Crippen molar-refractivity contribution in [3.05, 3.63) is 35.5 Å². The molecular weight excluding hydrogens is 348 g/mol. The number of nitrogens with one attached hydrogen (secondary N) is 1. The average Bonchev–Trinajstić information content (AvgIpc) is 3.22. The van der Waals surface area contributed by atoms with Crippen molar-refractivity contribution < 1.29 is 9.66 Å². The fourth-order valence-corrected chi connectivity index (χ4v) is 5.42. The molecule has 0 spiro atoms. The Balaban J connectivity index is 1.57. The summed E-state index contributed by atoms with van der Waals surface area (Å²) in [6.45, 7) is 0.923. The lowest BCUT2D eigenvalue weighted by atomic mass is 9.77. The molecule has 26 heavy (non-hydrogen) atoms. The van der Waals surface area contributed by atoms with Gasteiger partial charge in [-0.3, -0.25) is 0 Å². The first kappa shape index (κ1) is 16.4. The van der Waals surface area contributed by atoms with E-state index in [4.69, 9.17) is 9.97 Å². The third kappa shape index (κ3) is 2.49. The van der Waals surface area contributed by atoms with E-state index in [1.807, 2.05) is 6.07 Å². The van der Waals surface area contributed by atoms with Crippen LogP contribution < -0.4 is 10.2 Å². The van der Waals surface area contributed by atoms with Gasteiger partial charge in [0.15, 0.2) is 5.82 Å². The summed E-state index contributed by atoms with van der Waals surface area (Å²) in [5, 5.41) is 13.3. The molecule has 1 aliphatic carbocycles. The van der Waals surface area contributed by atoms with Gasteiger partial charge in [0.2, 0.25) is 10.8 Å². The lowest BCUT2D eigenvalue weighted by Crippen LogP contribution is -2.48. The van der Waals surface area contributed by atoms with E-state index in [0.717, 1.165) is 48.5 Å². The Hall–Kier alpha value is -1.83. The van der Waals surface area contributed by atoms with Crippen molar-refractivity contribution in [2.75, 3.05) is 29.1 Å². The molecule has 136 valence electrons. The smallest absolute Gasteiger partial charge is 0.232 e. The molecule has 5 rings (SSSR count). The number of aryl methyl sites for hydroxylation is 1. The molecular formula is C19H22N4O2S. The highest BCUT2D eigenvalue weighted by Gasteiger charge is 2.41. The van der Waals surface area contributed by atoms with Crippen LogP contribution in [0.3, 0.4) is 0 Å². The van der Waals surface area contributed by atoms with Gasteiger partial charge in [-0.15, -0.1) is 0 Å². The van der Waals surface area contributed by atoms with E-state index in [-0.39, 0.29) is 12.1 Å². The van der Waals surface area contributed by atoms with Crippen LogP contribution in [0.2, 0.25) is 0 Å². The van der Waals surface area contributed by atoms with E-state index in [1.165, 1.54) is 5.56 Å². The molecule has 0 saturated heterocycles. The monoisotopic (exact) mass is 370 g/mol. The van der Waals surface area contributed by atoms with Gasteiger partial charge in [-0.05, 0) is 48.5 Å². The van der Waals surface area contributed by atoms with Crippen LogP contribution in [0.5, 0.6) is 0 Å². The lowest BCUT2D eigenvalue weighted by molar-refractivity contribution is 0.143. The van der Waals surface area contributed by atoms with Crippen LogP contribution in [0.4, 0.5) is 17.5 Å². The minimum absolute atomic E-state index is 0.0697. The number of benzene rings is 1. The van der Waals surface area contributed by atoms with Crippen molar-refractivity contribution in [2.24, 2.45) is 0 Å². The standard InChI is InChI=1S/C19H22N4O2S/c24-12-19(8-3-9-19)22-17-16-14(7-11-26(16)25)20-18(21-17)23-10-6-13-4-1-2-5-15(13)23/h1-2,4-5,24H,3,6-12H2,(H,20,21,22)/t26-/m1/s1. The van der Waals surface area contributed by atoms with E-state index in [1.54, 1.807) is 0 Å². The van der Waals surface area contributed by atoms with E-state index < -0.39 is 11.2 Å². The highest BCUT2D eigenvalue weighted by atomic mass is 32.2. The van der Waals surface area contributed by atoms with Crippen LogP contribution in [0.25, 0.3) is 0 Å². The maximum absolute atomic E-state index is 12.5. The van der Waals surface area contributed by atoms with Crippen LogP contribution in [0.15, 0.2) is 29.2 Å². The highest BCUT2D eigenvalue weighted by Crippen LogP contribution is 2.40. The van der Waals surface area contributed by atoms with Crippen LogP contribution >= 0.6 is 0 Å². The normalized spacial score (nSPS) is 22.7. The summed E-state index contributed by atoms with van der Waals surface area (Å²) in [4.78, 5) is 12.4. The number of hydrogen-bond donors (Lipinski definition) is 2. The summed E-state index contributed by atoms with van der Waals surface area (Å²) < 4.78 is 12.5. The van der Waals surface area contributed by atoms with E-state index in [2.05, 4.69) is 28.4 Å². The van der Waals surface area contributed by atoms with Crippen molar-refractivity contribution >= 4 is 28.6 Å². The number of fused-ring (bicyclic) bond motifs is 2. The van der Waals surface area contributed by atoms with Crippen molar-refractivity contribution in [1.82, 2.24) is 9.97 Å². The van der Waals surface area contributed by atoms with Crippen LogP contribution in [0.1, 0.15) is 30.5 Å². The number of para-hydroxylation sites is 1. The van der Waals surface area contributed by atoms with Gasteiger partial charge in [0.25, 0.3) is 0 Å². The van der Waals surface area contributed by atoms with Gasteiger partial charge in [0.05, 0.1) is 12.1 Å². The van der Waals surface area contributed by atoms with Gasteiger partial charge in [-0.1, -0.05) is 18.2 Å². The molecule has 2 aromatic rings. The molecule has 0 unspecified atom stereocenters. The summed E-state index contributed by atoms with van der Waals surface area (Å²) in [5.41, 5.74) is 3.01. The summed E-state index contributed by atoms with van der Waals surface area (Å²) in [7, 11) is 0. The molecule has 3 aliphatic rings. The van der Waals surface area contributed by atoms with Gasteiger partial charge in [0, 0.05) is 18.7 Å². The Labute approximate surface area is 155 Å². The maximum atomic E-state index is 12.5. The number of aliphatic hydroxyl groups excluding tert-OH is 1. The molecule has 6 nitrogen and oxygen atoms in total. The molecule has 0 bridgehead atoms. The zero-order chi connectivity index (χ0) is 17.7. The van der Waals surface area contributed by atoms with Crippen molar-refractivity contribution in [1.29, 1.82) is 0 Å². The van der Waals surface area contributed by atoms with Crippen LogP contribution in [0, 0.1) is 0 Å². The quantitative estimate of drug-likeness (QED) is 0.803. The largest absolute Gasteiger partial charge is 0.611 e. The topological polar surface area (TPSA) is 84.3 Å². The van der Waals surface area contributed by atoms with Crippen LogP contribution in [-0.4, -0.2) is 44.1 Å². The predicted octanol–water partition coefficient (Wildman–Crippen LogP) is 2.16. The second-order valence-electron chi connectivity index (χ2n) is 7.40. The number of aromatic nitrogens is 2. The molecule has 0 amide bonds. The summed E-state index contributed by atoms with van der Waals surface area (Å²) in [5.74, 6) is 1.92. The Morgan fingerprint density at radius 2 is 2.08 bits per heavy atom. The van der Waals surface area contributed by atoms with Gasteiger partial charge in [0.1, 0.15) is 11.4 Å². The first-order valence-electron chi connectivity index (χ1n) is 9.23. The van der Waals surface area contributed by atoms with E-state index in [0.29, 0.717) is 23.9 Å². The molecule has 7 heteroatoms. The molecule has 1 aromatic carbocycles. The van der Waals surface area contributed by atoms with Crippen molar-refractivity contribution in [3.63, 3.8) is 0 Å². The SMILES string of the molecule is [O-][S@+]1CCc2nc(N3CCc4ccccc43)nc(NC3(CO)CCC3)c21. The molecule has 1 fully saturated rings. The molecule has 1 saturated carbocycles. The molecule has 1 aromatic heterocycles. The van der Waals surface area contributed by atoms with Crippen LogP contribution in [-0.2, 0) is 24.0 Å². The van der Waals surface area contributed by atoms with Crippen molar-refractivity contribution in [3.8, 4) is 0 Å². The summed E-state index contributed by atoms with van der Waals surface area (Å²) in [6, 6.07) is 8.34. The minimum Gasteiger partial charge on any atom is -0.611 e. The van der Waals surface area contributed by atoms with E-state index in [9.17, 15) is 9.66 Å². The molecule has 1 atom stereocenters. The fourth-order valence-electron chi connectivity index (χ4n) is 4.11. The summed E-state index contributed by atoms with van der Waals surface area (Å²) in [6.07, 6.45) is 4.61. The average molecular weight is 370 g/mol. The number of rotatable bonds is 4. The number of aliphatic hydroxyl groups is 1. The van der Waals surface area contributed by atoms with Gasteiger partial charge in [-0.25, -0.2) is 4.98 Å². The summed E-state index contributed by atoms with van der Waals surface area (Å²) >= 11 is -1.07. The Bertz CT molecular complexity index is 850. The Kier molecular flexibility index (Phi) is 3.84. The number of anilines is 3. The third-order valence-electron chi connectivity index (χ3n) is 5.80. The lowest BCUT2D eigenvalue weighted by Gasteiger charge is -2.41. The molecule has 0 radical (unpaired) electrons. The first-order valence-corrected chi connectivity index (χ1v) is 10.5. The number of nitrogens with zero attached hydrogens (tertiary/aromatic N) is 3. The second kappa shape index (κ2) is 6.11. The van der Waals surface area contributed by atoms with Gasteiger partial charge >= 0.3 is 0 Å². The van der Waals surface area contributed by atoms with Gasteiger partial charge < -0.3 is 19.9 Å². The Morgan fingerprint density at radius 3 is 2.85 bits per heavy atom. The number of hydrogen-bond acceptors (Lipinski definition) is 6. The van der Waals surface area contributed by atoms with Crippen molar-refractivity contribution in [2.45, 2.75) is 42.5 Å². The first-order chi connectivity index (χ1) is 12.7. The zero-order valence-electron chi connectivity index (χ0n) is 14.6. The molecule has 3 heterocycles. The predicted molar refractivity (Wildman–Crippen MR) is 101 cm³/mol. The second-order valence-corrected chi connectivity index (χ2v) is 8.90. The Morgan fingerprint density at radius 1 is 1.23 bits per heavy atom. The van der Waals surface area contributed by atoms with E-state index >= 15 is 0 Å². The minimum atomic E-state index is -1.07. The molecule has 2 aliphatic heterocycles. The highest BCUT2D eigenvalue weighted by molar-refractivity contribution is 7.91. The third-order valence-corrected chi connectivity index (χ3v) is 7.26. The van der Waals surface area contributed by atoms with Gasteiger partial charge in [-0.2, -0.15) is 4.98 Å². The maximum Gasteiger partial charge on any atom is 0.232 e.